The summed E-state index contributed by atoms with van der Waals surface area (Å²) in [5.74, 6) is 0. The fraction of sp³-hybridized carbons (Fsp3) is 0.400. The van der Waals surface area contributed by atoms with Crippen molar-refractivity contribution < 1.29 is 14.6 Å². The first kappa shape index (κ1) is 12.6. The van der Waals surface area contributed by atoms with Crippen LogP contribution in [0.3, 0.4) is 0 Å². The number of benzene rings is 1. The minimum Gasteiger partial charge on any atom is -0.346 e. The maximum Gasteiger partial charge on any atom is 0.540 e. The van der Waals surface area contributed by atoms with Crippen molar-refractivity contribution in [3.63, 3.8) is 0 Å². The molecule has 3 nitrogen and oxygen atoms in total. The molecular weight excluding hydrogens is 235 g/mol. The molecule has 0 saturated heterocycles. The molecule has 1 aromatic rings. The molecule has 0 aliphatic rings. The van der Waals surface area contributed by atoms with Crippen molar-refractivity contribution in [2.45, 2.75) is 25.1 Å². The van der Waals surface area contributed by atoms with Crippen LogP contribution in [0.1, 0.15) is 18.9 Å². The number of aliphatic hydroxyl groups is 1. The zero-order valence-corrected chi connectivity index (χ0v) is 10.0. The van der Waals surface area contributed by atoms with Crippen LogP contribution in [0, 0.1) is 0 Å². The summed E-state index contributed by atoms with van der Waals surface area (Å²) in [6.45, 7) is 1.36. The highest BCUT2D eigenvalue weighted by molar-refractivity contribution is 7.39. The van der Waals surface area contributed by atoms with E-state index in [0.29, 0.717) is 11.4 Å². The van der Waals surface area contributed by atoms with Gasteiger partial charge in [-0.2, -0.15) is 4.89 Å². The maximum atomic E-state index is 10.8. The van der Waals surface area contributed by atoms with Crippen LogP contribution >= 0.6 is 19.6 Å². The Labute approximate surface area is 94.6 Å². The van der Waals surface area contributed by atoms with E-state index in [9.17, 15) is 9.67 Å². The number of aryl methyl sites for hydroxylation is 1. The van der Waals surface area contributed by atoms with Gasteiger partial charge in [0.25, 0.3) is 5.34 Å². The summed E-state index contributed by atoms with van der Waals surface area (Å²) in [5.41, 5.74) is 0.983. The Balaban J connectivity index is 2.57. The molecule has 0 aliphatic heterocycles. The van der Waals surface area contributed by atoms with E-state index in [-0.39, 0.29) is 6.42 Å². The van der Waals surface area contributed by atoms with Gasteiger partial charge in [0.15, 0.2) is 0 Å². The molecule has 0 saturated carbocycles. The molecule has 1 aromatic carbocycles. The second-order valence-electron chi connectivity index (χ2n) is 3.62. The van der Waals surface area contributed by atoms with Gasteiger partial charge >= 0.3 is 8.03 Å². The van der Waals surface area contributed by atoms with E-state index in [1.54, 1.807) is 12.1 Å². The lowest BCUT2D eigenvalue weighted by Gasteiger charge is -2.08. The van der Waals surface area contributed by atoms with Crippen molar-refractivity contribution in [2.24, 2.45) is 0 Å². The Bertz CT molecular complexity index is 348. The zero-order valence-electron chi connectivity index (χ0n) is 8.35. The molecule has 0 spiro atoms. The minimum atomic E-state index is -2.57. The van der Waals surface area contributed by atoms with Gasteiger partial charge < -0.3 is 5.11 Å². The van der Waals surface area contributed by atoms with Crippen LogP contribution in [0.5, 0.6) is 0 Å². The third kappa shape index (κ3) is 3.88. The highest BCUT2D eigenvalue weighted by Crippen LogP contribution is 2.35. The van der Waals surface area contributed by atoms with Gasteiger partial charge in [0.1, 0.15) is 0 Å². The van der Waals surface area contributed by atoms with Gasteiger partial charge in [-0.25, -0.2) is 0 Å². The molecule has 2 N–H and O–H groups in total. The minimum absolute atomic E-state index is 0.250. The zero-order chi connectivity index (χ0) is 11.5. The first-order chi connectivity index (χ1) is 6.92. The highest BCUT2D eigenvalue weighted by Gasteiger charge is 2.41. The molecule has 0 aromatic heterocycles. The molecule has 2 unspecified atom stereocenters. The predicted molar refractivity (Wildman–Crippen MR) is 60.2 cm³/mol. The fourth-order valence-electron chi connectivity index (χ4n) is 1.13. The lowest BCUT2D eigenvalue weighted by Crippen LogP contribution is -2.19. The van der Waals surface area contributed by atoms with E-state index in [1.807, 2.05) is 12.1 Å². The normalized spacial score (nSPS) is 15.9. The summed E-state index contributed by atoms with van der Waals surface area (Å²) in [5, 5.41) is 8.68. The number of hydrogen-bond acceptors (Lipinski definition) is 2. The van der Waals surface area contributed by atoms with Gasteiger partial charge in [-0.3, -0.25) is 0 Å². The summed E-state index contributed by atoms with van der Waals surface area (Å²) in [6.07, 6.45) is 0.798. The number of hydrogen-bond donors (Lipinski definition) is 2. The summed E-state index contributed by atoms with van der Waals surface area (Å²) < 4.78 is 10.8. The molecule has 0 heterocycles. The van der Waals surface area contributed by atoms with E-state index in [1.165, 1.54) is 6.92 Å². The largest absolute Gasteiger partial charge is 0.540 e. The quantitative estimate of drug-likeness (QED) is 0.805. The van der Waals surface area contributed by atoms with E-state index in [0.717, 1.165) is 5.56 Å². The topological polar surface area (TPSA) is 57.5 Å². The lowest BCUT2D eigenvalue weighted by molar-refractivity contribution is 0.126. The van der Waals surface area contributed by atoms with E-state index >= 15 is 0 Å². The fourth-order valence-corrected chi connectivity index (χ4v) is 1.56. The number of rotatable bonds is 4. The summed E-state index contributed by atoms with van der Waals surface area (Å²) in [6, 6.07) is 7.18. The molecule has 0 aliphatic carbocycles. The Hall–Kier alpha value is -0.470. The molecule has 0 bridgehead atoms. The highest BCUT2D eigenvalue weighted by atomic mass is 35.5. The molecule has 5 heteroatoms. The average Bonchev–Trinajstić information content (AvgIpc) is 2.17. The van der Waals surface area contributed by atoms with E-state index < -0.39 is 13.4 Å². The van der Waals surface area contributed by atoms with Gasteiger partial charge in [-0.05, 0) is 28.7 Å². The van der Waals surface area contributed by atoms with Crippen molar-refractivity contribution in [1.82, 2.24) is 0 Å². The number of halogens is 1. The first-order valence-corrected chi connectivity index (χ1v) is 6.14. The molecule has 0 fully saturated rings. The first-order valence-electron chi connectivity index (χ1n) is 4.55. The van der Waals surface area contributed by atoms with Crippen molar-refractivity contribution in [3.8, 4) is 0 Å². The SMILES string of the molecule is CC(O)(CCc1ccc(Cl)cc1)[P+](=O)O. The molecular formula is C10H13ClO3P+. The summed E-state index contributed by atoms with van der Waals surface area (Å²) in [4.78, 5) is 8.84. The lowest BCUT2D eigenvalue weighted by atomic mass is 10.1. The Morgan fingerprint density at radius 1 is 1.40 bits per heavy atom. The predicted octanol–water partition coefficient (Wildman–Crippen LogP) is 2.72. The Morgan fingerprint density at radius 3 is 2.40 bits per heavy atom. The third-order valence-corrected chi connectivity index (χ3v) is 3.51. The van der Waals surface area contributed by atoms with Crippen LogP contribution in [0.4, 0.5) is 0 Å². The second kappa shape index (κ2) is 5.04. The van der Waals surface area contributed by atoms with Crippen molar-refractivity contribution in [2.75, 3.05) is 0 Å². The monoisotopic (exact) mass is 247 g/mol. The molecule has 15 heavy (non-hydrogen) atoms. The Kier molecular flexibility index (Phi) is 4.23. The van der Waals surface area contributed by atoms with E-state index in [4.69, 9.17) is 16.5 Å². The Morgan fingerprint density at radius 2 is 1.93 bits per heavy atom. The van der Waals surface area contributed by atoms with Gasteiger partial charge in [0.05, 0.1) is 0 Å². The van der Waals surface area contributed by atoms with Crippen LogP contribution in [-0.2, 0) is 11.0 Å². The molecule has 1 rings (SSSR count). The van der Waals surface area contributed by atoms with Crippen molar-refractivity contribution in [3.05, 3.63) is 34.9 Å². The third-order valence-electron chi connectivity index (χ3n) is 2.21. The molecule has 0 amide bonds. The molecule has 82 valence electrons. The molecule has 2 atom stereocenters. The molecule has 0 radical (unpaired) electrons. The average molecular weight is 248 g/mol. The maximum absolute atomic E-state index is 10.8. The van der Waals surface area contributed by atoms with Gasteiger partial charge in [-0.15, -0.1) is 0 Å². The van der Waals surface area contributed by atoms with E-state index in [2.05, 4.69) is 0 Å². The van der Waals surface area contributed by atoms with Crippen LogP contribution in [0.25, 0.3) is 0 Å². The summed E-state index contributed by atoms with van der Waals surface area (Å²) >= 11 is 5.72. The van der Waals surface area contributed by atoms with Gasteiger partial charge in [0, 0.05) is 18.4 Å². The second-order valence-corrected chi connectivity index (χ2v) is 5.56. The van der Waals surface area contributed by atoms with Gasteiger partial charge in [-0.1, -0.05) is 23.7 Å². The van der Waals surface area contributed by atoms with Crippen LogP contribution in [0.15, 0.2) is 24.3 Å². The van der Waals surface area contributed by atoms with Crippen molar-refractivity contribution in [1.29, 1.82) is 0 Å². The smallest absolute Gasteiger partial charge is 0.346 e. The summed E-state index contributed by atoms with van der Waals surface area (Å²) in [7, 11) is -2.57. The van der Waals surface area contributed by atoms with Crippen LogP contribution < -0.4 is 0 Å². The van der Waals surface area contributed by atoms with Crippen molar-refractivity contribution >= 4 is 19.6 Å². The van der Waals surface area contributed by atoms with Crippen LogP contribution in [-0.4, -0.2) is 15.3 Å². The van der Waals surface area contributed by atoms with Crippen LogP contribution in [0.2, 0.25) is 5.02 Å². The standard InChI is InChI=1S/C10H12ClO3P/c1-10(12,15(13)14)7-6-8-2-4-9(11)5-3-8/h2-5,12H,6-7H2,1H3/p+1. The van der Waals surface area contributed by atoms with Gasteiger partial charge in [0.2, 0.25) is 0 Å².